The van der Waals surface area contributed by atoms with Crippen LogP contribution < -0.4 is 19.6 Å². The van der Waals surface area contributed by atoms with E-state index in [2.05, 4.69) is 26.0 Å². The summed E-state index contributed by atoms with van der Waals surface area (Å²) in [5.41, 5.74) is 1.93. The van der Waals surface area contributed by atoms with Crippen molar-refractivity contribution in [2.75, 3.05) is 0 Å². The van der Waals surface area contributed by atoms with Crippen LogP contribution in [0.2, 0.25) is 0 Å². The first kappa shape index (κ1) is 19.9. The molecule has 6 heteroatoms. The SMILES string of the molecule is CC(=O)[C@H]1[C@@H]2c3ccccc3O[C@@]1(C)N=c1s/c(=C\c3ccc(C(C)C)cc3)c(=O)n12. The molecule has 0 aliphatic carbocycles. The Morgan fingerprint density at radius 3 is 2.58 bits per heavy atom. The van der Waals surface area contributed by atoms with Crippen molar-refractivity contribution in [2.24, 2.45) is 10.9 Å². The smallest absolute Gasteiger partial charge is 0.270 e. The quantitative estimate of drug-likeness (QED) is 0.637. The predicted molar refractivity (Wildman–Crippen MR) is 121 cm³/mol. The van der Waals surface area contributed by atoms with Gasteiger partial charge in [-0.15, -0.1) is 0 Å². The molecular formula is C25H24N2O3S. The number of ketones is 1. The molecule has 2 aliphatic rings. The van der Waals surface area contributed by atoms with Crippen LogP contribution in [0.3, 0.4) is 0 Å². The number of carbonyl (C=O) groups excluding carboxylic acids is 1. The van der Waals surface area contributed by atoms with Gasteiger partial charge in [0.1, 0.15) is 17.5 Å². The third-order valence-corrected chi connectivity index (χ3v) is 7.20. The number of aromatic nitrogens is 1. The van der Waals surface area contributed by atoms with Crippen LogP contribution in [0.25, 0.3) is 6.08 Å². The maximum atomic E-state index is 13.5. The highest BCUT2D eigenvalue weighted by Gasteiger charge is 2.53. The maximum absolute atomic E-state index is 13.5. The first-order valence-electron chi connectivity index (χ1n) is 10.5. The van der Waals surface area contributed by atoms with Crippen molar-refractivity contribution in [1.82, 2.24) is 4.57 Å². The summed E-state index contributed by atoms with van der Waals surface area (Å²) < 4.78 is 8.51. The summed E-state index contributed by atoms with van der Waals surface area (Å²) in [6, 6.07) is 15.4. The molecule has 2 aromatic carbocycles. The van der Waals surface area contributed by atoms with Crippen molar-refractivity contribution < 1.29 is 9.53 Å². The van der Waals surface area contributed by atoms with Gasteiger partial charge in [-0.1, -0.05) is 67.6 Å². The Balaban J connectivity index is 1.73. The van der Waals surface area contributed by atoms with Crippen molar-refractivity contribution in [3.8, 4) is 5.75 Å². The van der Waals surface area contributed by atoms with Gasteiger partial charge in [-0.2, -0.15) is 0 Å². The normalized spacial score (nSPS) is 24.2. The van der Waals surface area contributed by atoms with E-state index in [9.17, 15) is 9.59 Å². The van der Waals surface area contributed by atoms with Crippen LogP contribution in [0, 0.1) is 5.92 Å². The number of hydrogen-bond acceptors (Lipinski definition) is 5. The highest BCUT2D eigenvalue weighted by Crippen LogP contribution is 2.47. The Labute approximate surface area is 184 Å². The molecule has 0 unspecified atom stereocenters. The Bertz CT molecular complexity index is 1370. The number of benzene rings is 2. The second-order valence-corrected chi connectivity index (χ2v) is 9.74. The molecule has 5 nitrogen and oxygen atoms in total. The van der Waals surface area contributed by atoms with E-state index in [4.69, 9.17) is 9.73 Å². The molecule has 158 valence electrons. The van der Waals surface area contributed by atoms with Gasteiger partial charge < -0.3 is 4.74 Å². The largest absolute Gasteiger partial charge is 0.465 e. The Morgan fingerprint density at radius 2 is 1.90 bits per heavy atom. The summed E-state index contributed by atoms with van der Waals surface area (Å²) in [5, 5.41) is 0. The number of ether oxygens (including phenoxy) is 1. The second kappa shape index (κ2) is 7.02. The van der Waals surface area contributed by atoms with Gasteiger partial charge >= 0.3 is 0 Å². The van der Waals surface area contributed by atoms with Crippen LogP contribution in [0.15, 0.2) is 58.3 Å². The summed E-state index contributed by atoms with van der Waals surface area (Å²) >= 11 is 1.35. The molecule has 2 aliphatic heterocycles. The molecule has 3 atom stereocenters. The van der Waals surface area contributed by atoms with E-state index in [0.29, 0.717) is 21.0 Å². The number of hydrogen-bond donors (Lipinski definition) is 0. The van der Waals surface area contributed by atoms with E-state index in [0.717, 1.165) is 11.1 Å². The van der Waals surface area contributed by atoms with Gasteiger partial charge in [-0.25, -0.2) is 4.99 Å². The van der Waals surface area contributed by atoms with Crippen molar-refractivity contribution in [3.63, 3.8) is 0 Å². The van der Waals surface area contributed by atoms with E-state index in [1.165, 1.54) is 16.9 Å². The van der Waals surface area contributed by atoms with Crippen molar-refractivity contribution in [1.29, 1.82) is 0 Å². The van der Waals surface area contributed by atoms with Crippen LogP contribution in [0.1, 0.15) is 56.3 Å². The average Bonchev–Trinajstić information content (AvgIpc) is 3.01. The van der Waals surface area contributed by atoms with Crippen LogP contribution in [0.5, 0.6) is 5.75 Å². The van der Waals surface area contributed by atoms with Gasteiger partial charge in [-0.3, -0.25) is 14.2 Å². The van der Waals surface area contributed by atoms with E-state index in [1.807, 2.05) is 49.4 Å². The molecule has 3 heterocycles. The van der Waals surface area contributed by atoms with Crippen molar-refractivity contribution in [2.45, 2.75) is 45.4 Å². The molecule has 0 spiro atoms. The number of nitrogens with zero attached hydrogens (tertiary/aromatic N) is 2. The van der Waals surface area contributed by atoms with Gasteiger partial charge in [0.2, 0.25) is 5.72 Å². The Kier molecular flexibility index (Phi) is 4.52. The first-order chi connectivity index (χ1) is 14.8. The Hall–Kier alpha value is -2.99. The van der Waals surface area contributed by atoms with E-state index in [-0.39, 0.29) is 11.3 Å². The molecule has 31 heavy (non-hydrogen) atoms. The lowest BCUT2D eigenvalue weighted by Crippen LogP contribution is -2.58. The van der Waals surface area contributed by atoms with Gasteiger partial charge in [0, 0.05) is 5.56 Å². The predicted octanol–water partition coefficient (Wildman–Crippen LogP) is 3.40. The zero-order chi connectivity index (χ0) is 21.9. The third kappa shape index (κ3) is 3.08. The fraction of sp³-hybridized carbons (Fsp3) is 0.320. The second-order valence-electron chi connectivity index (χ2n) is 8.73. The van der Waals surface area contributed by atoms with Gasteiger partial charge in [0.15, 0.2) is 4.80 Å². The van der Waals surface area contributed by atoms with Gasteiger partial charge in [0.25, 0.3) is 5.56 Å². The standard InChI is InChI=1S/C25H24N2O3S/c1-14(2)17-11-9-16(10-12-17)13-20-23(29)27-22-18-7-5-6-8-19(18)30-25(4,21(22)15(3)28)26-24(27)31-20/h5-14,21-22H,1-4H3/b20-13-/t21-,22-,25+/m0/s1. The topological polar surface area (TPSA) is 60.7 Å². The zero-order valence-corrected chi connectivity index (χ0v) is 18.8. The summed E-state index contributed by atoms with van der Waals surface area (Å²) in [5.74, 6) is 0.538. The molecule has 0 saturated carbocycles. The number of fused-ring (bicyclic) bond motifs is 6. The summed E-state index contributed by atoms with van der Waals surface area (Å²) in [7, 11) is 0. The molecule has 0 N–H and O–H groups in total. The lowest BCUT2D eigenvalue weighted by atomic mass is 9.79. The molecule has 0 fully saturated rings. The maximum Gasteiger partial charge on any atom is 0.270 e. The van der Waals surface area contributed by atoms with Gasteiger partial charge in [-0.05, 0) is 43.0 Å². The monoisotopic (exact) mass is 432 g/mol. The van der Waals surface area contributed by atoms with E-state index in [1.54, 1.807) is 11.5 Å². The van der Waals surface area contributed by atoms with Crippen LogP contribution >= 0.6 is 11.3 Å². The number of thiazole rings is 1. The summed E-state index contributed by atoms with van der Waals surface area (Å²) in [4.78, 5) is 31.5. The number of para-hydroxylation sites is 1. The average molecular weight is 433 g/mol. The molecular weight excluding hydrogens is 408 g/mol. The minimum Gasteiger partial charge on any atom is -0.465 e. The molecule has 5 rings (SSSR count). The van der Waals surface area contributed by atoms with Crippen LogP contribution in [0.4, 0.5) is 0 Å². The molecule has 2 bridgehead atoms. The Morgan fingerprint density at radius 1 is 1.19 bits per heavy atom. The number of carbonyl (C=O) groups is 1. The van der Waals surface area contributed by atoms with E-state index < -0.39 is 17.7 Å². The van der Waals surface area contributed by atoms with Gasteiger partial charge in [0.05, 0.1) is 10.6 Å². The molecule has 0 amide bonds. The minimum atomic E-state index is -1.03. The van der Waals surface area contributed by atoms with Crippen molar-refractivity contribution >= 4 is 23.2 Å². The van der Waals surface area contributed by atoms with Crippen LogP contribution in [-0.2, 0) is 4.79 Å². The third-order valence-electron chi connectivity index (χ3n) is 6.22. The summed E-state index contributed by atoms with van der Waals surface area (Å²) in [6.07, 6.45) is 1.90. The summed E-state index contributed by atoms with van der Waals surface area (Å²) in [6.45, 7) is 7.70. The van der Waals surface area contributed by atoms with Crippen LogP contribution in [-0.4, -0.2) is 16.1 Å². The minimum absolute atomic E-state index is 0.0377. The molecule has 0 saturated heterocycles. The lowest BCUT2D eigenvalue weighted by Gasteiger charge is -2.45. The molecule has 1 aromatic heterocycles. The number of Topliss-reactive ketones (excluding diaryl/α,β-unsaturated/α-hetero) is 1. The number of rotatable bonds is 3. The highest BCUT2D eigenvalue weighted by molar-refractivity contribution is 7.07. The first-order valence-corrected chi connectivity index (χ1v) is 11.3. The fourth-order valence-corrected chi connectivity index (χ4v) is 5.78. The highest BCUT2D eigenvalue weighted by atomic mass is 32.1. The van der Waals surface area contributed by atoms with E-state index >= 15 is 0 Å². The fourth-order valence-electron chi connectivity index (χ4n) is 4.68. The van der Waals surface area contributed by atoms with Crippen molar-refractivity contribution in [3.05, 3.63) is 84.9 Å². The molecule has 0 radical (unpaired) electrons. The zero-order valence-electron chi connectivity index (χ0n) is 18.0. The lowest BCUT2D eigenvalue weighted by molar-refractivity contribution is -0.132. The molecule has 3 aromatic rings.